The number of nitrogens with zero attached hydrogens (tertiary/aromatic N) is 3. The Morgan fingerprint density at radius 2 is 1.59 bits per heavy atom. The van der Waals surface area contributed by atoms with Gasteiger partial charge in [-0.3, -0.25) is 0 Å². The van der Waals surface area contributed by atoms with E-state index in [1.807, 2.05) is 12.4 Å². The van der Waals surface area contributed by atoms with Crippen molar-refractivity contribution in [3.05, 3.63) is 18.0 Å². The van der Waals surface area contributed by atoms with Gasteiger partial charge in [-0.2, -0.15) is 0 Å². The summed E-state index contributed by atoms with van der Waals surface area (Å²) in [6.45, 7) is 6.55. The molecule has 0 radical (unpaired) electrons. The SMILES string of the molecule is CCCCN(CCCC)c1ncc(CBr)cn1. The third-order valence-corrected chi connectivity index (χ3v) is 3.34. The number of anilines is 1. The number of hydrogen-bond acceptors (Lipinski definition) is 3. The minimum absolute atomic E-state index is 0.817. The van der Waals surface area contributed by atoms with Crippen LogP contribution in [-0.2, 0) is 5.33 Å². The van der Waals surface area contributed by atoms with E-state index in [0.29, 0.717) is 0 Å². The van der Waals surface area contributed by atoms with Gasteiger partial charge in [0.05, 0.1) is 0 Å². The molecule has 0 saturated heterocycles. The van der Waals surface area contributed by atoms with Crippen molar-refractivity contribution in [3.8, 4) is 0 Å². The first-order valence-corrected chi connectivity index (χ1v) is 7.55. The van der Waals surface area contributed by atoms with Crippen LogP contribution in [0.25, 0.3) is 0 Å². The Morgan fingerprint density at radius 3 is 2.00 bits per heavy atom. The topological polar surface area (TPSA) is 29.0 Å². The van der Waals surface area contributed by atoms with Crippen LogP contribution in [0.5, 0.6) is 0 Å². The molecule has 0 amide bonds. The highest BCUT2D eigenvalue weighted by atomic mass is 79.9. The molecule has 0 spiro atoms. The quantitative estimate of drug-likeness (QED) is 0.684. The second-order valence-electron chi connectivity index (χ2n) is 4.22. The van der Waals surface area contributed by atoms with Gasteiger partial charge in [-0.15, -0.1) is 0 Å². The molecule has 0 aliphatic rings. The Balaban J connectivity index is 2.65. The van der Waals surface area contributed by atoms with Gasteiger partial charge >= 0.3 is 0 Å². The van der Waals surface area contributed by atoms with Gasteiger partial charge in [0.1, 0.15) is 0 Å². The van der Waals surface area contributed by atoms with Gasteiger partial charge in [-0.1, -0.05) is 42.6 Å². The Kier molecular flexibility index (Phi) is 7.17. The Labute approximate surface area is 113 Å². The van der Waals surface area contributed by atoms with Gasteiger partial charge in [0.25, 0.3) is 0 Å². The average Bonchev–Trinajstić information content (AvgIpc) is 2.39. The van der Waals surface area contributed by atoms with Crippen molar-refractivity contribution < 1.29 is 0 Å². The molecule has 3 nitrogen and oxygen atoms in total. The normalized spacial score (nSPS) is 10.5. The number of rotatable bonds is 8. The third-order valence-electron chi connectivity index (χ3n) is 2.69. The lowest BCUT2D eigenvalue weighted by Crippen LogP contribution is -2.27. The van der Waals surface area contributed by atoms with Crippen molar-refractivity contribution in [1.82, 2.24) is 9.97 Å². The summed E-state index contributed by atoms with van der Waals surface area (Å²) in [6, 6.07) is 0. The summed E-state index contributed by atoms with van der Waals surface area (Å²) >= 11 is 3.41. The smallest absolute Gasteiger partial charge is 0.225 e. The minimum Gasteiger partial charge on any atom is -0.341 e. The van der Waals surface area contributed by atoms with E-state index < -0.39 is 0 Å². The molecule has 1 aromatic heterocycles. The van der Waals surface area contributed by atoms with Gasteiger partial charge in [-0.25, -0.2) is 9.97 Å². The van der Waals surface area contributed by atoms with Crippen molar-refractivity contribution in [1.29, 1.82) is 0 Å². The fourth-order valence-corrected chi connectivity index (χ4v) is 1.88. The van der Waals surface area contributed by atoms with Crippen molar-refractivity contribution in [2.75, 3.05) is 18.0 Å². The second-order valence-corrected chi connectivity index (χ2v) is 4.78. The Hall–Kier alpha value is -0.640. The molecule has 1 heterocycles. The van der Waals surface area contributed by atoms with E-state index in [0.717, 1.165) is 29.9 Å². The number of alkyl halides is 1. The van der Waals surface area contributed by atoms with Crippen molar-refractivity contribution >= 4 is 21.9 Å². The van der Waals surface area contributed by atoms with Gasteiger partial charge in [0, 0.05) is 30.8 Å². The summed E-state index contributed by atoms with van der Waals surface area (Å²) in [7, 11) is 0. The second kappa shape index (κ2) is 8.45. The summed E-state index contributed by atoms with van der Waals surface area (Å²) in [5.74, 6) is 0.872. The third kappa shape index (κ3) is 5.02. The lowest BCUT2D eigenvalue weighted by atomic mass is 10.3. The zero-order valence-electron chi connectivity index (χ0n) is 10.8. The van der Waals surface area contributed by atoms with Gasteiger partial charge in [-0.05, 0) is 18.4 Å². The summed E-state index contributed by atoms with van der Waals surface area (Å²) in [5.41, 5.74) is 1.12. The monoisotopic (exact) mass is 299 g/mol. The molecule has 0 atom stereocenters. The predicted molar refractivity (Wildman–Crippen MR) is 76.7 cm³/mol. The van der Waals surface area contributed by atoms with Crippen LogP contribution in [0, 0.1) is 0 Å². The number of hydrogen-bond donors (Lipinski definition) is 0. The van der Waals surface area contributed by atoms with E-state index in [1.54, 1.807) is 0 Å². The molecule has 96 valence electrons. The molecule has 0 aliphatic heterocycles. The Bertz CT molecular complexity index is 292. The molecule has 4 heteroatoms. The van der Waals surface area contributed by atoms with Crippen LogP contribution in [0.4, 0.5) is 5.95 Å². The van der Waals surface area contributed by atoms with Gasteiger partial charge < -0.3 is 4.90 Å². The van der Waals surface area contributed by atoms with Crippen LogP contribution in [0.1, 0.15) is 45.1 Å². The molecule has 0 fully saturated rings. The Morgan fingerprint density at radius 1 is 1.06 bits per heavy atom. The summed E-state index contributed by atoms with van der Waals surface area (Å²) in [5, 5.41) is 0.817. The standard InChI is InChI=1S/C13H22BrN3/c1-3-5-7-17(8-6-4-2)13-15-10-12(9-14)11-16-13/h10-11H,3-9H2,1-2H3. The van der Waals surface area contributed by atoms with Crippen LogP contribution in [0.2, 0.25) is 0 Å². The highest BCUT2D eigenvalue weighted by molar-refractivity contribution is 9.08. The van der Waals surface area contributed by atoms with Crippen LogP contribution in [-0.4, -0.2) is 23.1 Å². The molecule has 0 N–H and O–H groups in total. The molecular formula is C13H22BrN3. The van der Waals surface area contributed by atoms with Crippen molar-refractivity contribution in [3.63, 3.8) is 0 Å². The highest BCUT2D eigenvalue weighted by Crippen LogP contribution is 2.11. The van der Waals surface area contributed by atoms with Crippen LogP contribution in [0.3, 0.4) is 0 Å². The molecule has 1 aromatic rings. The molecule has 0 bridgehead atoms. The van der Waals surface area contributed by atoms with E-state index >= 15 is 0 Å². The summed E-state index contributed by atoms with van der Waals surface area (Å²) in [4.78, 5) is 11.2. The summed E-state index contributed by atoms with van der Waals surface area (Å²) in [6.07, 6.45) is 8.63. The fourth-order valence-electron chi connectivity index (χ4n) is 1.59. The maximum Gasteiger partial charge on any atom is 0.225 e. The van der Waals surface area contributed by atoms with E-state index in [2.05, 4.69) is 44.6 Å². The number of aromatic nitrogens is 2. The minimum atomic E-state index is 0.817. The lowest BCUT2D eigenvalue weighted by molar-refractivity contribution is 0.662. The first-order valence-electron chi connectivity index (χ1n) is 6.43. The zero-order valence-corrected chi connectivity index (χ0v) is 12.4. The van der Waals surface area contributed by atoms with E-state index in [-0.39, 0.29) is 0 Å². The largest absolute Gasteiger partial charge is 0.341 e. The fraction of sp³-hybridized carbons (Fsp3) is 0.692. The molecular weight excluding hydrogens is 278 g/mol. The average molecular weight is 300 g/mol. The molecule has 0 saturated carbocycles. The molecule has 17 heavy (non-hydrogen) atoms. The van der Waals surface area contributed by atoms with Crippen LogP contribution in [0.15, 0.2) is 12.4 Å². The zero-order chi connectivity index (χ0) is 12.5. The predicted octanol–water partition coefficient (Wildman–Crippen LogP) is 3.78. The number of halogens is 1. The van der Waals surface area contributed by atoms with Crippen LogP contribution < -0.4 is 4.90 Å². The van der Waals surface area contributed by atoms with Crippen molar-refractivity contribution in [2.45, 2.75) is 44.9 Å². The first kappa shape index (κ1) is 14.4. The first-order chi connectivity index (χ1) is 8.31. The van der Waals surface area contributed by atoms with E-state index in [9.17, 15) is 0 Å². The lowest BCUT2D eigenvalue weighted by Gasteiger charge is -2.22. The van der Waals surface area contributed by atoms with Crippen LogP contribution >= 0.6 is 15.9 Å². The molecule has 0 aliphatic carbocycles. The highest BCUT2D eigenvalue weighted by Gasteiger charge is 2.08. The van der Waals surface area contributed by atoms with Gasteiger partial charge in [0.15, 0.2) is 0 Å². The molecule has 1 rings (SSSR count). The molecule has 0 aromatic carbocycles. The van der Waals surface area contributed by atoms with Crippen molar-refractivity contribution in [2.24, 2.45) is 0 Å². The maximum absolute atomic E-state index is 4.44. The summed E-state index contributed by atoms with van der Waals surface area (Å²) < 4.78 is 0. The number of unbranched alkanes of at least 4 members (excludes halogenated alkanes) is 2. The van der Waals surface area contributed by atoms with E-state index in [1.165, 1.54) is 25.7 Å². The maximum atomic E-state index is 4.44. The van der Waals surface area contributed by atoms with E-state index in [4.69, 9.17) is 0 Å². The van der Waals surface area contributed by atoms with Gasteiger partial charge in [0.2, 0.25) is 5.95 Å². The molecule has 0 unspecified atom stereocenters.